The van der Waals surface area contributed by atoms with E-state index < -0.39 is 78.5 Å². The van der Waals surface area contributed by atoms with Crippen LogP contribution in [0.15, 0.2) is 87.9 Å². The lowest BCUT2D eigenvalue weighted by Gasteiger charge is -2.27. The van der Waals surface area contributed by atoms with E-state index in [2.05, 4.69) is 67.1 Å². The van der Waals surface area contributed by atoms with E-state index in [1.165, 1.54) is 12.4 Å². The molecular weight excluding hydrogens is 881 g/mol. The lowest BCUT2D eigenvalue weighted by atomic mass is 10.0. The Morgan fingerprint density at radius 1 is 0.833 bits per heavy atom. The van der Waals surface area contributed by atoms with Crippen molar-refractivity contribution in [2.24, 2.45) is 15.8 Å². The molecule has 0 radical (unpaired) electrons. The van der Waals surface area contributed by atoms with Crippen LogP contribution in [0.1, 0.15) is 66.4 Å². The van der Waals surface area contributed by atoms with E-state index in [4.69, 9.17) is 11.0 Å². The van der Waals surface area contributed by atoms with Crippen LogP contribution in [0.4, 0.5) is 5.82 Å². The van der Waals surface area contributed by atoms with Gasteiger partial charge in [0.25, 0.3) is 5.91 Å². The first-order valence-corrected chi connectivity index (χ1v) is 21.7. The number of carboxylic acid groups (broad SMARTS) is 1. The quantitative estimate of drug-likeness (QED) is 0.0250. The van der Waals surface area contributed by atoms with Crippen molar-refractivity contribution in [3.8, 4) is 0 Å². The molecule has 0 saturated carbocycles. The molecular formula is C42H52N12O11S. The summed E-state index contributed by atoms with van der Waals surface area (Å²) in [5, 5.41) is 44.5. The molecule has 6 amide bonds. The summed E-state index contributed by atoms with van der Waals surface area (Å²) in [5.41, 5.74) is 10.2. The molecule has 2 unspecified atom stereocenters. The largest absolute Gasteiger partial charge is 0.481 e. The second-order valence-corrected chi connectivity index (χ2v) is 15.8. The number of amides is 6. The lowest BCUT2D eigenvalue weighted by Crippen LogP contribution is -2.58. The third kappa shape index (κ3) is 16.4. The maximum atomic E-state index is 14.1. The Morgan fingerprint density at radius 2 is 1.55 bits per heavy atom. The number of unbranched alkanes of at least 4 members (excludes halogenated alkanes) is 1. The molecule has 24 heteroatoms. The molecule has 1 saturated heterocycles. The minimum Gasteiger partial charge on any atom is -0.481 e. The highest BCUT2D eigenvalue weighted by atomic mass is 32.2. The number of benzene rings is 2. The van der Waals surface area contributed by atoms with Crippen molar-refractivity contribution in [2.75, 3.05) is 25.1 Å². The Bertz CT molecular complexity index is 2220. The summed E-state index contributed by atoms with van der Waals surface area (Å²) in [4.78, 5) is 102. The number of nitrogens with zero attached hydrogens (tertiary/aromatic N) is 3. The van der Waals surface area contributed by atoms with Crippen molar-refractivity contribution in [1.29, 1.82) is 0 Å². The average molecular weight is 933 g/mol. The van der Waals surface area contributed by atoms with E-state index in [9.17, 15) is 38.7 Å². The number of hydrazone groups is 1. The fraction of sp³-hybridized carbons (Fsp3) is 0.381. The molecule has 0 aliphatic carbocycles. The Hall–Kier alpha value is -7.15. The van der Waals surface area contributed by atoms with Gasteiger partial charge in [-0.15, -0.1) is 4.33 Å². The second-order valence-electron chi connectivity index (χ2n) is 15.1. The molecule has 1 aromatic heterocycles. The number of rotatable bonds is 19. The zero-order chi connectivity index (χ0) is 47.3. The van der Waals surface area contributed by atoms with Gasteiger partial charge in [0.2, 0.25) is 29.5 Å². The van der Waals surface area contributed by atoms with Crippen LogP contribution in [0, 0.1) is 0 Å². The molecule has 2 aliphatic rings. The van der Waals surface area contributed by atoms with E-state index in [0.717, 1.165) is 12.0 Å². The third-order valence-corrected chi connectivity index (χ3v) is 10.9. The van der Waals surface area contributed by atoms with Crippen molar-refractivity contribution in [1.82, 2.24) is 42.2 Å². The Kier molecular flexibility index (Phi) is 19.6. The van der Waals surface area contributed by atoms with Gasteiger partial charge in [0, 0.05) is 42.2 Å². The molecule has 0 bridgehead atoms. The van der Waals surface area contributed by atoms with Crippen molar-refractivity contribution in [3.63, 3.8) is 0 Å². The monoisotopic (exact) mass is 932 g/mol. The number of carbonyl (C=O) groups excluding carboxylic acids is 6. The normalized spacial score (nSPS) is 20.8. The summed E-state index contributed by atoms with van der Waals surface area (Å²) >= 11 is 0.785. The van der Waals surface area contributed by atoms with Crippen LogP contribution in [0.25, 0.3) is 0 Å². The van der Waals surface area contributed by atoms with Crippen molar-refractivity contribution in [3.05, 3.63) is 89.6 Å². The smallest absolute Gasteiger partial charge is 0.305 e. The molecule has 12 N–H and O–H groups in total. The van der Waals surface area contributed by atoms with Gasteiger partial charge in [0.1, 0.15) is 30.0 Å². The molecule has 352 valence electrons. The van der Waals surface area contributed by atoms with Gasteiger partial charge in [-0.05, 0) is 62.3 Å². The summed E-state index contributed by atoms with van der Waals surface area (Å²) in [6.45, 7) is -0.000768. The highest BCUT2D eigenvalue weighted by molar-refractivity contribution is 7.94. The number of hydrogen-bond donors (Lipinski definition) is 11. The highest BCUT2D eigenvalue weighted by Crippen LogP contribution is 2.22. The van der Waals surface area contributed by atoms with E-state index in [0.29, 0.717) is 54.1 Å². The van der Waals surface area contributed by atoms with Gasteiger partial charge >= 0.3 is 5.97 Å². The van der Waals surface area contributed by atoms with Crippen molar-refractivity contribution >= 4 is 71.4 Å². The fourth-order valence-electron chi connectivity index (χ4n) is 6.84. The number of carboxylic acids is 1. The minimum absolute atomic E-state index is 0.0421. The summed E-state index contributed by atoms with van der Waals surface area (Å²) in [6, 6.07) is 13.3. The number of hydrogen-bond acceptors (Lipinski definition) is 17. The third-order valence-electron chi connectivity index (χ3n) is 10.2. The van der Waals surface area contributed by atoms with E-state index >= 15 is 0 Å². The van der Waals surface area contributed by atoms with Crippen LogP contribution in [0.2, 0.25) is 0 Å². The van der Waals surface area contributed by atoms with Crippen LogP contribution >= 0.6 is 12.0 Å². The van der Waals surface area contributed by atoms with Crippen LogP contribution in [0.5, 0.6) is 0 Å². The SMILES string of the molecule is NC1=NCCC(CC[C@@H]2NC(=O)C(CCCCNC(=O)c3ccc(N/N=C\c4ccccc4SOOO)nc3)NC(=O)[C@@H](Cc3ccccc3)NC(=O)[C@H](CC(=O)O)NC(=O)CNC2=O)N1. The van der Waals surface area contributed by atoms with Crippen LogP contribution in [0.3, 0.4) is 0 Å². The molecule has 66 heavy (non-hydrogen) atoms. The number of nitrogens with one attached hydrogen (secondary N) is 8. The maximum Gasteiger partial charge on any atom is 0.305 e. The summed E-state index contributed by atoms with van der Waals surface area (Å²) < 4.78 is 4.50. The second kappa shape index (κ2) is 26.0. The predicted octanol–water partition coefficient (Wildman–Crippen LogP) is 0.0992. The lowest BCUT2D eigenvalue weighted by molar-refractivity contribution is -0.432. The topological polar surface area (TPSA) is 338 Å². The van der Waals surface area contributed by atoms with Gasteiger partial charge in [-0.25, -0.2) is 10.2 Å². The number of pyridine rings is 1. The molecule has 5 atom stereocenters. The zero-order valence-electron chi connectivity index (χ0n) is 35.6. The summed E-state index contributed by atoms with van der Waals surface area (Å²) in [6.07, 6.45) is 3.77. The van der Waals surface area contributed by atoms with Gasteiger partial charge in [-0.2, -0.15) is 5.10 Å². The first-order valence-electron chi connectivity index (χ1n) is 21.0. The average Bonchev–Trinajstić information content (AvgIpc) is 3.30. The summed E-state index contributed by atoms with van der Waals surface area (Å²) in [5.74, 6) is -5.28. The van der Waals surface area contributed by atoms with E-state index in [1.54, 1.807) is 66.7 Å². The van der Waals surface area contributed by atoms with Gasteiger partial charge in [-0.3, -0.25) is 44.0 Å². The highest BCUT2D eigenvalue weighted by Gasteiger charge is 2.33. The Morgan fingerprint density at radius 3 is 2.27 bits per heavy atom. The molecule has 2 aliphatic heterocycles. The van der Waals surface area contributed by atoms with E-state index in [-0.39, 0.29) is 43.4 Å². The molecule has 3 heterocycles. The van der Waals surface area contributed by atoms with Crippen LogP contribution in [-0.4, -0.2) is 119 Å². The minimum atomic E-state index is -1.61. The molecule has 2 aromatic carbocycles. The van der Waals surface area contributed by atoms with Gasteiger partial charge in [0.15, 0.2) is 5.96 Å². The first-order chi connectivity index (χ1) is 31.9. The predicted molar refractivity (Wildman–Crippen MR) is 239 cm³/mol. The number of carbonyl (C=O) groups is 7. The number of nitrogens with two attached hydrogens (primary N) is 1. The molecule has 1 fully saturated rings. The van der Waals surface area contributed by atoms with Gasteiger partial charge in [-0.1, -0.05) is 53.6 Å². The van der Waals surface area contributed by atoms with Crippen LogP contribution in [-0.2, 0) is 44.6 Å². The van der Waals surface area contributed by atoms with Gasteiger partial charge < -0.3 is 48.1 Å². The van der Waals surface area contributed by atoms with Gasteiger partial charge in [0.05, 0.1) is 36.8 Å². The maximum absolute atomic E-state index is 14.1. The standard InChI is InChI=1S/C42H52N12O11S/c43-42-45-19-17-28(49-42)14-15-30-38(59)47-24-35(55)50-32(21-36(56)57)41(62)53-31(20-25-8-2-1-3-9-25)40(61)51-29(39(60)52-30)11-6-7-18-44-37(58)27-13-16-34(46-22-27)54-48-23-26-10-4-5-12-33(26)66-65-64-63/h1-5,8-10,12-13,16,22-23,28-32,63H,6-7,11,14-15,17-21,24H2,(H,44,58)(H,46,54)(H,47,59)(H,50,55)(H,51,61)(H,52,60)(H,53,62)(H,56,57)(H3,43,45,49)/b48-23-/t28?,29?,30-,31+,32-/m0/s1. The fourth-order valence-corrected chi connectivity index (χ4v) is 7.30. The van der Waals surface area contributed by atoms with Crippen molar-refractivity contribution < 1.29 is 53.3 Å². The van der Waals surface area contributed by atoms with Crippen molar-refractivity contribution in [2.45, 2.75) is 86.5 Å². The molecule has 23 nitrogen and oxygen atoms in total. The number of guanidine groups is 1. The molecule has 0 spiro atoms. The molecule has 3 aromatic rings. The van der Waals surface area contributed by atoms with Crippen LogP contribution < -0.4 is 48.4 Å². The first kappa shape index (κ1) is 49.9. The number of aromatic nitrogens is 1. The Balaban J connectivity index is 1.26. The number of anilines is 1. The summed E-state index contributed by atoms with van der Waals surface area (Å²) in [7, 11) is 0. The molecule has 5 rings (SSSR count). The Labute approximate surface area is 383 Å². The zero-order valence-corrected chi connectivity index (χ0v) is 36.4. The number of aliphatic imine (C=N–C) groups is 1. The number of aliphatic carboxylic acids is 1. The van der Waals surface area contributed by atoms with E-state index in [1.807, 2.05) is 0 Å².